The Hall–Kier alpha value is -2.61. The fourth-order valence-corrected chi connectivity index (χ4v) is 5.32. The number of fused-ring (bicyclic) bond motifs is 1. The molecule has 1 aromatic carbocycles. The average molecular weight is 440 g/mol. The summed E-state index contributed by atoms with van der Waals surface area (Å²) in [6.45, 7) is 3.05. The molecular weight excluding hydrogens is 402 g/mol. The second kappa shape index (κ2) is 10.8. The van der Waals surface area contributed by atoms with Gasteiger partial charge < -0.3 is 25.8 Å². The molecule has 4 rings (SSSR count). The van der Waals surface area contributed by atoms with Crippen LogP contribution in [0.4, 0.5) is 5.82 Å². The number of likely N-dealkylation sites (tertiary alicyclic amines) is 1. The van der Waals surface area contributed by atoms with Crippen molar-refractivity contribution in [2.24, 2.45) is 5.73 Å². The van der Waals surface area contributed by atoms with Crippen LogP contribution in [0.3, 0.4) is 0 Å². The fraction of sp³-hybridized carbons (Fsp3) is 0.625. The van der Waals surface area contributed by atoms with Crippen LogP contribution in [-0.4, -0.2) is 52.6 Å². The second-order valence-electron chi connectivity index (χ2n) is 9.16. The van der Waals surface area contributed by atoms with E-state index in [9.17, 15) is 4.79 Å². The number of nitrogens with one attached hydrogen (secondary N) is 3. The van der Waals surface area contributed by atoms with Gasteiger partial charge in [0.1, 0.15) is 0 Å². The van der Waals surface area contributed by atoms with Crippen molar-refractivity contribution in [2.75, 3.05) is 31.5 Å². The molecule has 2 aromatic rings. The zero-order chi connectivity index (χ0) is 22.3. The first-order chi connectivity index (χ1) is 15.6. The van der Waals surface area contributed by atoms with Crippen LogP contribution in [0.2, 0.25) is 0 Å². The molecule has 2 fully saturated rings. The summed E-state index contributed by atoms with van der Waals surface area (Å²) in [6.07, 6.45) is 11.5. The Balaban J connectivity index is 1.50. The van der Waals surface area contributed by atoms with Crippen molar-refractivity contribution < 1.29 is 0 Å². The molecule has 2 aliphatic rings. The van der Waals surface area contributed by atoms with Gasteiger partial charge in [0.25, 0.3) is 5.56 Å². The summed E-state index contributed by atoms with van der Waals surface area (Å²) in [5.41, 5.74) is 7.02. The molecule has 0 spiro atoms. The first-order valence-corrected chi connectivity index (χ1v) is 12.2. The molecule has 1 aromatic heterocycles. The number of benzene rings is 1. The number of nitrogens with two attached hydrogens (primary N) is 1. The number of nitrogens with zero attached hydrogens (tertiary/aromatic N) is 3. The molecule has 0 amide bonds. The van der Waals surface area contributed by atoms with E-state index in [4.69, 9.17) is 11.1 Å². The maximum atomic E-state index is 13.4. The molecule has 5 N–H and O–H groups in total. The number of para-hydroxylation sites is 2. The van der Waals surface area contributed by atoms with Crippen molar-refractivity contribution in [3.63, 3.8) is 0 Å². The molecule has 174 valence electrons. The van der Waals surface area contributed by atoms with Crippen LogP contribution in [0.1, 0.15) is 63.8 Å². The van der Waals surface area contributed by atoms with Gasteiger partial charge in [-0.25, -0.2) is 4.98 Å². The number of hydrogen-bond acceptors (Lipinski definition) is 5. The van der Waals surface area contributed by atoms with Gasteiger partial charge in [0, 0.05) is 38.3 Å². The predicted octanol–water partition coefficient (Wildman–Crippen LogP) is 3.04. The Morgan fingerprint density at radius 1 is 1.00 bits per heavy atom. The lowest BCUT2D eigenvalue weighted by molar-refractivity contribution is 0.116. The minimum absolute atomic E-state index is 0.0593. The Labute approximate surface area is 190 Å². The van der Waals surface area contributed by atoms with E-state index in [1.165, 1.54) is 44.9 Å². The highest BCUT2D eigenvalue weighted by atomic mass is 16.1. The fourth-order valence-electron chi connectivity index (χ4n) is 5.32. The maximum Gasteiger partial charge on any atom is 0.294 e. The average Bonchev–Trinajstić information content (AvgIpc) is 2.77. The molecule has 8 nitrogen and oxygen atoms in total. The van der Waals surface area contributed by atoms with Crippen molar-refractivity contribution in [3.8, 4) is 0 Å². The van der Waals surface area contributed by atoms with Gasteiger partial charge in [-0.2, -0.15) is 0 Å². The number of guanidine groups is 1. The molecule has 1 aliphatic heterocycles. The van der Waals surface area contributed by atoms with Crippen molar-refractivity contribution in [1.29, 1.82) is 5.41 Å². The first kappa shape index (κ1) is 22.6. The molecular formula is C24H37N7O. The molecule has 0 radical (unpaired) electrons. The van der Waals surface area contributed by atoms with Gasteiger partial charge in [0.05, 0.1) is 11.0 Å². The standard InChI is InChI=1S/C24H37N7O/c25-24(26)28-15-14-27-22-23(32)31(21-11-7-6-10-20(21)29-22)19-12-16-30(17-13-19)18-8-4-2-1-3-5-9-18/h6-7,10-11,18-19H,1-5,8-9,12-17H2,(H,27,29)(H4,25,26,28). The summed E-state index contributed by atoms with van der Waals surface area (Å²) in [5.74, 6) is 0.295. The van der Waals surface area contributed by atoms with E-state index in [1.807, 2.05) is 28.8 Å². The number of anilines is 1. The molecule has 0 unspecified atom stereocenters. The summed E-state index contributed by atoms with van der Waals surface area (Å²) in [5, 5.41) is 13.2. The van der Waals surface area contributed by atoms with Crippen LogP contribution in [0.15, 0.2) is 29.1 Å². The van der Waals surface area contributed by atoms with Gasteiger partial charge >= 0.3 is 0 Å². The third kappa shape index (κ3) is 5.41. The SMILES string of the molecule is N=C(N)NCCNc1nc2ccccc2n(C2CCN(C3CCCCCCC3)CC2)c1=O. The van der Waals surface area contributed by atoms with Crippen molar-refractivity contribution in [2.45, 2.75) is 69.9 Å². The lowest BCUT2D eigenvalue weighted by atomic mass is 9.93. The summed E-state index contributed by atoms with van der Waals surface area (Å²) in [7, 11) is 0. The van der Waals surface area contributed by atoms with Crippen LogP contribution >= 0.6 is 0 Å². The van der Waals surface area contributed by atoms with Gasteiger partial charge in [0.2, 0.25) is 0 Å². The van der Waals surface area contributed by atoms with Gasteiger partial charge in [-0.3, -0.25) is 10.2 Å². The number of rotatable bonds is 6. The third-order valence-electron chi connectivity index (χ3n) is 6.98. The molecule has 32 heavy (non-hydrogen) atoms. The maximum absolute atomic E-state index is 13.4. The molecule has 1 aliphatic carbocycles. The Kier molecular flexibility index (Phi) is 7.63. The minimum Gasteiger partial charge on any atom is -0.370 e. The number of piperidine rings is 1. The summed E-state index contributed by atoms with van der Waals surface area (Å²) in [6, 6.07) is 8.82. The van der Waals surface area contributed by atoms with E-state index >= 15 is 0 Å². The lowest BCUT2D eigenvalue weighted by Crippen LogP contribution is -2.43. The highest BCUT2D eigenvalue weighted by Gasteiger charge is 2.28. The minimum atomic E-state index is -0.0771. The monoisotopic (exact) mass is 439 g/mol. The Morgan fingerprint density at radius 3 is 2.41 bits per heavy atom. The molecule has 1 saturated heterocycles. The Bertz CT molecular complexity index is 956. The molecule has 0 atom stereocenters. The zero-order valence-electron chi connectivity index (χ0n) is 19.0. The van der Waals surface area contributed by atoms with Crippen molar-refractivity contribution in [1.82, 2.24) is 19.8 Å². The van der Waals surface area contributed by atoms with Crippen LogP contribution < -0.4 is 21.9 Å². The number of hydrogen-bond donors (Lipinski definition) is 4. The van der Waals surface area contributed by atoms with E-state index in [0.29, 0.717) is 24.9 Å². The quantitative estimate of drug-likeness (QED) is 0.313. The van der Waals surface area contributed by atoms with Gasteiger partial charge in [-0.1, -0.05) is 44.2 Å². The first-order valence-electron chi connectivity index (χ1n) is 12.2. The van der Waals surface area contributed by atoms with Crippen LogP contribution in [-0.2, 0) is 0 Å². The second-order valence-corrected chi connectivity index (χ2v) is 9.16. The van der Waals surface area contributed by atoms with Crippen LogP contribution in [0.5, 0.6) is 0 Å². The number of aromatic nitrogens is 2. The highest BCUT2D eigenvalue weighted by Crippen LogP contribution is 2.29. The normalized spacial score (nSPS) is 19.4. The molecule has 2 heterocycles. The summed E-state index contributed by atoms with van der Waals surface area (Å²) < 4.78 is 1.97. The topological polar surface area (TPSA) is 112 Å². The molecule has 1 saturated carbocycles. The predicted molar refractivity (Wildman–Crippen MR) is 130 cm³/mol. The summed E-state index contributed by atoms with van der Waals surface area (Å²) in [4.78, 5) is 20.7. The lowest BCUT2D eigenvalue weighted by Gasteiger charge is -2.39. The van der Waals surface area contributed by atoms with E-state index in [-0.39, 0.29) is 17.6 Å². The Morgan fingerprint density at radius 2 is 1.69 bits per heavy atom. The summed E-state index contributed by atoms with van der Waals surface area (Å²) >= 11 is 0. The molecule has 8 heteroatoms. The van der Waals surface area contributed by atoms with Gasteiger partial charge in [-0.15, -0.1) is 0 Å². The van der Waals surface area contributed by atoms with Crippen LogP contribution in [0.25, 0.3) is 11.0 Å². The van der Waals surface area contributed by atoms with Gasteiger partial charge in [0.15, 0.2) is 11.8 Å². The third-order valence-corrected chi connectivity index (χ3v) is 6.98. The largest absolute Gasteiger partial charge is 0.370 e. The van der Waals surface area contributed by atoms with Crippen molar-refractivity contribution in [3.05, 3.63) is 34.6 Å². The van der Waals surface area contributed by atoms with E-state index in [0.717, 1.165) is 37.0 Å². The van der Waals surface area contributed by atoms with E-state index in [1.54, 1.807) is 0 Å². The smallest absolute Gasteiger partial charge is 0.294 e. The van der Waals surface area contributed by atoms with E-state index in [2.05, 4.69) is 20.5 Å². The van der Waals surface area contributed by atoms with Crippen molar-refractivity contribution >= 4 is 22.8 Å². The zero-order valence-corrected chi connectivity index (χ0v) is 19.0. The van der Waals surface area contributed by atoms with E-state index < -0.39 is 0 Å². The van der Waals surface area contributed by atoms with Gasteiger partial charge in [-0.05, 0) is 37.8 Å². The molecule has 0 bridgehead atoms. The van der Waals surface area contributed by atoms with Crippen LogP contribution in [0, 0.1) is 5.41 Å². The highest BCUT2D eigenvalue weighted by molar-refractivity contribution is 5.76.